The summed E-state index contributed by atoms with van der Waals surface area (Å²) in [5.74, 6) is 0. The number of rotatable bonds is 1. The minimum Gasteiger partial charge on any atom is -0.270 e. The van der Waals surface area contributed by atoms with Crippen LogP contribution < -0.4 is 0 Å². The summed E-state index contributed by atoms with van der Waals surface area (Å²) in [6.07, 6.45) is 18.0. The van der Waals surface area contributed by atoms with Crippen LogP contribution in [0.4, 0.5) is 0 Å². The molecule has 0 N–H and O–H groups in total. The Labute approximate surface area is 107 Å². The summed E-state index contributed by atoms with van der Waals surface area (Å²) in [5, 5.41) is 0. The van der Waals surface area contributed by atoms with Crippen molar-refractivity contribution < 1.29 is 26.2 Å². The van der Waals surface area contributed by atoms with E-state index in [0.717, 1.165) is 19.3 Å². The molecule has 0 aromatic rings. The summed E-state index contributed by atoms with van der Waals surface area (Å²) in [6.45, 7) is 4.21. The smallest absolute Gasteiger partial charge is 0.270 e. The van der Waals surface area contributed by atoms with E-state index in [1.54, 1.807) is 0 Å². The zero-order valence-electron chi connectivity index (χ0n) is 8.93. The molecule has 0 saturated carbocycles. The van der Waals surface area contributed by atoms with Gasteiger partial charge in [-0.3, -0.25) is 12.2 Å². The van der Waals surface area contributed by atoms with E-state index in [-0.39, 0.29) is 26.2 Å². The van der Waals surface area contributed by atoms with E-state index in [1.807, 2.05) is 0 Å². The van der Waals surface area contributed by atoms with Crippen molar-refractivity contribution in [2.45, 2.75) is 33.1 Å². The minimum atomic E-state index is 0. The van der Waals surface area contributed by atoms with Gasteiger partial charge in [0, 0.05) is 0 Å². The molecule has 0 aliphatic heterocycles. The summed E-state index contributed by atoms with van der Waals surface area (Å²) < 4.78 is 0. The quantitative estimate of drug-likeness (QED) is 0.632. The minimum absolute atomic E-state index is 0. The van der Waals surface area contributed by atoms with Gasteiger partial charge in [-0.25, -0.2) is 23.3 Å². The standard InChI is InChI=1S/C7H9.C6H7.Zr/c1-2-7-5-3-4-6-7;1-6-4-2-3-5-6;/h3,5H,2,4H2,1H3;2,4H,3H2,1H3;/q2*-1;+2. The van der Waals surface area contributed by atoms with Crippen molar-refractivity contribution >= 4 is 0 Å². The van der Waals surface area contributed by atoms with E-state index >= 15 is 0 Å². The zero-order valence-corrected chi connectivity index (χ0v) is 11.4. The van der Waals surface area contributed by atoms with Gasteiger partial charge < -0.3 is 0 Å². The van der Waals surface area contributed by atoms with E-state index < -0.39 is 0 Å². The average molecular weight is 263 g/mol. The molecule has 0 atom stereocenters. The topological polar surface area (TPSA) is 0 Å². The molecule has 0 aromatic carbocycles. The molecule has 0 unspecified atom stereocenters. The normalized spacial score (nSPS) is 16.7. The van der Waals surface area contributed by atoms with Crippen LogP contribution in [-0.2, 0) is 26.2 Å². The maximum Gasteiger partial charge on any atom is 2.00 e. The van der Waals surface area contributed by atoms with E-state index in [9.17, 15) is 0 Å². The fourth-order valence-corrected chi connectivity index (χ4v) is 1.21. The second-order valence-corrected chi connectivity index (χ2v) is 3.13. The van der Waals surface area contributed by atoms with Gasteiger partial charge in [-0.2, -0.15) is 12.2 Å². The first-order valence-corrected chi connectivity index (χ1v) is 4.83. The third kappa shape index (κ3) is 5.55. The predicted octanol–water partition coefficient (Wildman–Crippen LogP) is 3.78. The first kappa shape index (κ1) is 13.8. The Hall–Kier alpha value is -0.157. The molecule has 14 heavy (non-hydrogen) atoms. The van der Waals surface area contributed by atoms with Crippen molar-refractivity contribution in [2.24, 2.45) is 0 Å². The molecule has 2 aliphatic rings. The maximum absolute atomic E-state index is 3.21. The molecule has 0 saturated heterocycles. The number of allylic oxidation sites excluding steroid dienone is 8. The SMILES string of the molecule is CC1=[C-]CC=C1.CCC1=[C-]CC=C1.[Zr+2]. The third-order valence-electron chi connectivity index (χ3n) is 2.01. The number of hydrogen-bond donors (Lipinski definition) is 0. The van der Waals surface area contributed by atoms with Gasteiger partial charge in [-0.05, 0) is 0 Å². The molecule has 0 nitrogen and oxygen atoms in total. The predicted molar refractivity (Wildman–Crippen MR) is 57.0 cm³/mol. The molecule has 72 valence electrons. The Morgan fingerprint density at radius 3 is 2.00 bits per heavy atom. The molecule has 0 aromatic heterocycles. The summed E-state index contributed by atoms with van der Waals surface area (Å²) in [4.78, 5) is 0. The van der Waals surface area contributed by atoms with Crippen LogP contribution in [0.3, 0.4) is 0 Å². The average Bonchev–Trinajstić information content (AvgIpc) is 2.76. The Bertz CT molecular complexity index is 264. The first-order chi connectivity index (χ1) is 6.33. The molecular formula is C13H16Zr. The summed E-state index contributed by atoms with van der Waals surface area (Å²) in [5.41, 5.74) is 2.63. The van der Waals surface area contributed by atoms with Crippen LogP contribution in [0.1, 0.15) is 33.1 Å². The summed E-state index contributed by atoms with van der Waals surface area (Å²) >= 11 is 0. The molecule has 2 aliphatic carbocycles. The zero-order chi connectivity index (χ0) is 9.52. The van der Waals surface area contributed by atoms with Gasteiger partial charge in [0.1, 0.15) is 0 Å². The van der Waals surface area contributed by atoms with E-state index in [2.05, 4.69) is 50.3 Å². The molecule has 2 rings (SSSR count). The molecule has 0 bridgehead atoms. The fourth-order valence-electron chi connectivity index (χ4n) is 1.21. The maximum atomic E-state index is 3.21. The van der Waals surface area contributed by atoms with Gasteiger partial charge in [-0.1, -0.05) is 20.3 Å². The first-order valence-electron chi connectivity index (χ1n) is 4.83. The van der Waals surface area contributed by atoms with Crippen LogP contribution in [0, 0.1) is 12.2 Å². The van der Waals surface area contributed by atoms with Crippen LogP contribution in [0.2, 0.25) is 0 Å². The number of hydrogen-bond acceptors (Lipinski definition) is 0. The third-order valence-corrected chi connectivity index (χ3v) is 2.01. The molecule has 0 spiro atoms. The molecule has 1 heteroatoms. The van der Waals surface area contributed by atoms with Gasteiger partial charge >= 0.3 is 26.2 Å². The van der Waals surface area contributed by atoms with E-state index in [1.165, 1.54) is 11.1 Å². The second kappa shape index (κ2) is 8.18. The van der Waals surface area contributed by atoms with Crippen LogP contribution in [0.15, 0.2) is 35.5 Å². The van der Waals surface area contributed by atoms with Gasteiger partial charge in [-0.15, -0.1) is 12.8 Å². The van der Waals surface area contributed by atoms with Crippen molar-refractivity contribution in [2.75, 3.05) is 0 Å². The fraction of sp³-hybridized carbons (Fsp3) is 0.385. The van der Waals surface area contributed by atoms with Crippen molar-refractivity contribution in [3.8, 4) is 0 Å². The van der Waals surface area contributed by atoms with Gasteiger partial charge in [0.05, 0.1) is 0 Å². The van der Waals surface area contributed by atoms with Gasteiger partial charge in [0.25, 0.3) is 0 Å². The van der Waals surface area contributed by atoms with Crippen LogP contribution in [0.5, 0.6) is 0 Å². The van der Waals surface area contributed by atoms with Crippen molar-refractivity contribution in [3.05, 3.63) is 47.6 Å². The molecule has 0 heterocycles. The molecule has 0 amide bonds. The summed E-state index contributed by atoms with van der Waals surface area (Å²) in [7, 11) is 0. The Balaban J connectivity index is 0.000000227. The van der Waals surface area contributed by atoms with Gasteiger partial charge in [0.15, 0.2) is 0 Å². The molecule has 0 radical (unpaired) electrons. The van der Waals surface area contributed by atoms with Gasteiger partial charge in [0.2, 0.25) is 0 Å². The van der Waals surface area contributed by atoms with Crippen LogP contribution in [-0.4, -0.2) is 0 Å². The largest absolute Gasteiger partial charge is 2.00 e. The van der Waals surface area contributed by atoms with Crippen molar-refractivity contribution in [3.63, 3.8) is 0 Å². The van der Waals surface area contributed by atoms with E-state index in [0.29, 0.717) is 0 Å². The molecular weight excluding hydrogens is 247 g/mol. The summed E-state index contributed by atoms with van der Waals surface area (Å²) in [6, 6.07) is 0. The Morgan fingerprint density at radius 2 is 1.79 bits per heavy atom. The van der Waals surface area contributed by atoms with Crippen LogP contribution in [0.25, 0.3) is 0 Å². The van der Waals surface area contributed by atoms with Crippen LogP contribution >= 0.6 is 0 Å². The Morgan fingerprint density at radius 1 is 1.14 bits per heavy atom. The van der Waals surface area contributed by atoms with Crippen molar-refractivity contribution in [1.82, 2.24) is 0 Å². The second-order valence-electron chi connectivity index (χ2n) is 3.13. The molecule has 0 fully saturated rings. The van der Waals surface area contributed by atoms with Crippen molar-refractivity contribution in [1.29, 1.82) is 0 Å². The van der Waals surface area contributed by atoms with E-state index in [4.69, 9.17) is 0 Å². The Kier molecular flexibility index (Phi) is 8.08. The monoisotopic (exact) mass is 262 g/mol.